The highest BCUT2D eigenvalue weighted by Gasteiger charge is 2.65. The number of aliphatic hydroxyl groups is 3. The van der Waals surface area contributed by atoms with Crippen LogP contribution >= 0.6 is 0 Å². The Morgan fingerprint density at radius 2 is 1.89 bits per heavy atom. The van der Waals surface area contributed by atoms with Crippen molar-refractivity contribution >= 4 is 17.9 Å². The molecule has 312 valence electrons. The number of oxime groups is 1. The molecular formula is C41H61N3O12. The summed E-state index contributed by atoms with van der Waals surface area (Å²) in [7, 11) is 1.32. The fourth-order valence-electron chi connectivity index (χ4n) is 8.74. The van der Waals surface area contributed by atoms with Crippen LogP contribution in [0, 0.1) is 17.8 Å². The third-order valence-electron chi connectivity index (χ3n) is 11.1. The van der Waals surface area contributed by atoms with E-state index in [1.807, 2.05) is 13.0 Å². The standard InChI is InChI=1S/C41H61N3O12/c1-4-21-53-41-35(44(40(49)50-3)17-23-51-24-20-47)27-33(43-56-36-14-8-11-22-52-36)31-25-28(12-6-9-18-45)30(13-7-10-19-46)37(38(31)41)32-26-29(15-16-34(32)55-41)54-39(48)42-5-2/h4,15-16,25-26,28,30,35-38,45-47H,1,5-14,17-24,27H2,2-3H3,(H,42,48)/t28-,30+,35-,36?,37+,38+,41+/m0/s1. The first-order valence-electron chi connectivity index (χ1n) is 20.2. The van der Waals surface area contributed by atoms with Crippen molar-refractivity contribution in [3.8, 4) is 11.5 Å². The molecule has 7 atom stereocenters. The second kappa shape index (κ2) is 21.7. The molecule has 1 saturated carbocycles. The van der Waals surface area contributed by atoms with Gasteiger partial charge in [0.1, 0.15) is 17.5 Å². The van der Waals surface area contributed by atoms with Gasteiger partial charge < -0.3 is 53.9 Å². The predicted molar refractivity (Wildman–Crippen MR) is 206 cm³/mol. The molecule has 0 aromatic heterocycles. The van der Waals surface area contributed by atoms with Crippen LogP contribution in [0.25, 0.3) is 0 Å². The number of nitrogens with one attached hydrogen (secondary N) is 1. The molecule has 0 radical (unpaired) electrons. The van der Waals surface area contributed by atoms with Gasteiger partial charge in [0.2, 0.25) is 12.1 Å². The largest absolute Gasteiger partial charge is 0.459 e. The lowest BCUT2D eigenvalue weighted by atomic mass is 9.55. The highest BCUT2D eigenvalue weighted by Crippen LogP contribution is 2.62. The number of ether oxygens (including phenoxy) is 6. The number of benzene rings is 1. The molecule has 5 rings (SSSR count). The number of hydrogen-bond donors (Lipinski definition) is 4. The maximum atomic E-state index is 13.9. The average Bonchev–Trinajstić information content (AvgIpc) is 3.21. The van der Waals surface area contributed by atoms with Crippen LogP contribution in [-0.2, 0) is 23.8 Å². The minimum Gasteiger partial charge on any atom is -0.459 e. The monoisotopic (exact) mass is 787 g/mol. The SMILES string of the molecule is C=CCO[C@@]12Oc3ccc(OC(=O)NCC)cc3[C@H]3[C@H](CCCCO)[C@@H](CCCCO)C=C(C(=NOC4CCCCO4)C[C@@H]1N(CCOCCO)C(=O)OC)[C@H]32. The van der Waals surface area contributed by atoms with Crippen LogP contribution < -0.4 is 14.8 Å². The van der Waals surface area contributed by atoms with Crippen LogP contribution in [0.15, 0.2) is 47.7 Å². The molecular weight excluding hydrogens is 726 g/mol. The lowest BCUT2D eigenvalue weighted by molar-refractivity contribution is -0.256. The van der Waals surface area contributed by atoms with Gasteiger partial charge in [-0.3, -0.25) is 4.90 Å². The molecule has 15 heteroatoms. The number of carbonyl (C=O) groups is 2. The van der Waals surface area contributed by atoms with E-state index in [1.54, 1.807) is 23.1 Å². The smallest absolute Gasteiger partial charge is 0.412 e. The molecule has 4 aliphatic rings. The van der Waals surface area contributed by atoms with E-state index < -0.39 is 36.2 Å². The van der Waals surface area contributed by atoms with Crippen LogP contribution in [0.4, 0.5) is 9.59 Å². The predicted octanol–water partition coefficient (Wildman–Crippen LogP) is 5.03. The van der Waals surface area contributed by atoms with Gasteiger partial charge >= 0.3 is 12.2 Å². The summed E-state index contributed by atoms with van der Waals surface area (Å²) >= 11 is 0. The van der Waals surface area contributed by atoms with Crippen molar-refractivity contribution in [1.82, 2.24) is 10.2 Å². The number of amides is 2. The van der Waals surface area contributed by atoms with Gasteiger partial charge in [0.25, 0.3) is 0 Å². The summed E-state index contributed by atoms with van der Waals surface area (Å²) in [6, 6.07) is 4.49. The van der Waals surface area contributed by atoms with Crippen molar-refractivity contribution in [2.75, 3.05) is 66.4 Å². The molecule has 2 fully saturated rings. The molecule has 2 amide bonds. The van der Waals surface area contributed by atoms with Gasteiger partial charge in [-0.2, -0.15) is 0 Å². The first kappa shape index (κ1) is 43.4. The van der Waals surface area contributed by atoms with Crippen molar-refractivity contribution in [3.05, 3.63) is 48.1 Å². The maximum absolute atomic E-state index is 13.9. The summed E-state index contributed by atoms with van der Waals surface area (Å²) in [6.45, 7) is 7.07. The van der Waals surface area contributed by atoms with Crippen LogP contribution in [0.3, 0.4) is 0 Å². The van der Waals surface area contributed by atoms with Crippen LogP contribution in [0.2, 0.25) is 0 Å². The molecule has 0 spiro atoms. The van der Waals surface area contributed by atoms with Gasteiger partial charge in [0.05, 0.1) is 51.8 Å². The molecule has 1 unspecified atom stereocenters. The quantitative estimate of drug-likeness (QED) is 0.0741. The molecule has 56 heavy (non-hydrogen) atoms. The Labute approximate surface area is 329 Å². The fourth-order valence-corrected chi connectivity index (χ4v) is 8.74. The lowest BCUT2D eigenvalue weighted by Crippen LogP contribution is -2.70. The van der Waals surface area contributed by atoms with Crippen molar-refractivity contribution in [1.29, 1.82) is 0 Å². The topological polar surface area (TPSA) is 187 Å². The third-order valence-corrected chi connectivity index (χ3v) is 11.1. The molecule has 1 aromatic rings. The number of rotatable bonds is 21. The summed E-state index contributed by atoms with van der Waals surface area (Å²) in [6.07, 6.45) is 9.24. The van der Waals surface area contributed by atoms with E-state index in [9.17, 15) is 24.9 Å². The zero-order chi connectivity index (χ0) is 39.9. The molecule has 15 nitrogen and oxygen atoms in total. The molecule has 1 aromatic carbocycles. The first-order chi connectivity index (χ1) is 27.3. The van der Waals surface area contributed by atoms with Crippen molar-refractivity contribution in [2.24, 2.45) is 22.9 Å². The molecule has 2 aliphatic carbocycles. The van der Waals surface area contributed by atoms with E-state index in [2.05, 4.69) is 18.0 Å². The van der Waals surface area contributed by atoms with E-state index in [0.29, 0.717) is 49.6 Å². The summed E-state index contributed by atoms with van der Waals surface area (Å²) in [5.74, 6) is -1.54. The summed E-state index contributed by atoms with van der Waals surface area (Å²) < 4.78 is 36.7. The molecule has 2 aliphatic heterocycles. The van der Waals surface area contributed by atoms with Gasteiger partial charge in [-0.15, -0.1) is 6.58 Å². The Bertz CT molecular complexity index is 1500. The van der Waals surface area contributed by atoms with E-state index in [1.165, 1.54) is 7.11 Å². The number of allylic oxidation sites excluding steroid dienone is 1. The van der Waals surface area contributed by atoms with E-state index >= 15 is 0 Å². The summed E-state index contributed by atoms with van der Waals surface area (Å²) in [4.78, 5) is 34.2. The number of aliphatic hydroxyl groups excluding tert-OH is 3. The zero-order valence-electron chi connectivity index (χ0n) is 32.9. The van der Waals surface area contributed by atoms with Gasteiger partial charge in [-0.25, -0.2) is 9.59 Å². The molecule has 1 saturated heterocycles. The maximum Gasteiger partial charge on any atom is 0.412 e. The van der Waals surface area contributed by atoms with E-state index in [4.69, 9.17) is 38.4 Å². The molecule has 2 heterocycles. The Balaban J connectivity index is 1.75. The highest BCUT2D eigenvalue weighted by molar-refractivity contribution is 6.03. The van der Waals surface area contributed by atoms with Gasteiger partial charge in [-0.1, -0.05) is 30.1 Å². The Hall–Kier alpha value is -3.73. The zero-order valence-corrected chi connectivity index (χ0v) is 32.9. The lowest BCUT2D eigenvalue weighted by Gasteiger charge is -2.59. The number of unbranched alkanes of at least 4 members (excludes halogenated alkanes) is 2. The van der Waals surface area contributed by atoms with Crippen molar-refractivity contribution in [2.45, 2.75) is 95.2 Å². The van der Waals surface area contributed by atoms with Crippen LogP contribution in [0.5, 0.6) is 11.5 Å². The summed E-state index contributed by atoms with van der Waals surface area (Å²) in [5.41, 5.74) is 2.29. The van der Waals surface area contributed by atoms with Crippen LogP contribution in [-0.4, -0.2) is 123 Å². The Morgan fingerprint density at radius 3 is 2.59 bits per heavy atom. The Morgan fingerprint density at radius 1 is 1.09 bits per heavy atom. The third kappa shape index (κ3) is 10.2. The van der Waals surface area contributed by atoms with E-state index in [-0.39, 0.29) is 70.4 Å². The first-order valence-corrected chi connectivity index (χ1v) is 20.2. The minimum absolute atomic E-state index is 0.0174. The van der Waals surface area contributed by atoms with Crippen molar-refractivity contribution in [3.63, 3.8) is 0 Å². The molecule has 4 N–H and O–H groups in total. The summed E-state index contributed by atoms with van der Waals surface area (Å²) in [5, 5.41) is 36.6. The normalized spacial score (nSPS) is 27.2. The number of methoxy groups -OCH3 is 1. The number of fused-ring (bicyclic) bond motifs is 2. The highest BCUT2D eigenvalue weighted by atomic mass is 16.8. The van der Waals surface area contributed by atoms with Gasteiger partial charge in [-0.05, 0) is 81.1 Å². The van der Waals surface area contributed by atoms with Gasteiger partial charge in [0.15, 0.2) is 0 Å². The fraction of sp³-hybridized carbons (Fsp3) is 0.683. The second-order valence-corrected chi connectivity index (χ2v) is 14.6. The Kier molecular flexibility index (Phi) is 16.8. The number of hydrogen-bond acceptors (Lipinski definition) is 13. The van der Waals surface area contributed by atoms with E-state index in [0.717, 1.165) is 49.7 Å². The molecule has 0 bridgehead atoms. The average molecular weight is 788 g/mol. The van der Waals surface area contributed by atoms with Crippen molar-refractivity contribution < 1.29 is 58.2 Å². The minimum atomic E-state index is -1.50. The number of nitrogens with zero attached hydrogens (tertiary/aromatic N) is 2. The van der Waals surface area contributed by atoms with Gasteiger partial charge in [0, 0.05) is 50.6 Å². The second-order valence-electron chi connectivity index (χ2n) is 14.6. The number of carbonyl (C=O) groups excluding carboxylic acids is 2. The van der Waals surface area contributed by atoms with Crippen LogP contribution in [0.1, 0.15) is 82.6 Å².